The van der Waals surface area contributed by atoms with E-state index in [2.05, 4.69) is 50.2 Å². The van der Waals surface area contributed by atoms with Crippen molar-refractivity contribution in [3.63, 3.8) is 0 Å². The zero-order valence-corrected chi connectivity index (χ0v) is 38.3. The van der Waals surface area contributed by atoms with Crippen molar-refractivity contribution in [2.75, 3.05) is 0 Å². The molecule has 0 saturated heterocycles. The molecule has 4 heterocycles. The van der Waals surface area contributed by atoms with Gasteiger partial charge < -0.3 is 0 Å². The smallest absolute Gasteiger partial charge is 0.123 e. The van der Waals surface area contributed by atoms with Crippen molar-refractivity contribution in [3.8, 4) is 50.1 Å². The Morgan fingerprint density at radius 3 is 1.17 bits per heavy atom. The molecule has 0 saturated carbocycles. The first-order chi connectivity index (χ1) is 28.5. The Kier molecular flexibility index (Phi) is 18.8. The molecule has 0 atom stereocenters. The van der Waals surface area contributed by atoms with E-state index in [0.29, 0.717) is 0 Å². The van der Waals surface area contributed by atoms with Crippen LogP contribution in [0.2, 0.25) is 0 Å². The van der Waals surface area contributed by atoms with E-state index < -0.39 is 0 Å². The standard InChI is InChI=1S/C52H64F2S4/c1-3-5-7-9-11-13-15-17-19-21-23-41-37-49(57-51(41)40-27-31-44(54)32-28-40)50-38-42(24-22-20-18-16-14-12-10-8-6-4-2)52(58-50)48-36-35-47(56-48)46-34-33-45(55-46)39-25-29-43(53)30-26-39/h25-38H,3-24H2,1-2H3. The van der Waals surface area contributed by atoms with Crippen LogP contribution in [-0.2, 0) is 12.8 Å². The average Bonchev–Trinajstić information content (AvgIpc) is 4.07. The summed E-state index contributed by atoms with van der Waals surface area (Å²) in [6.07, 6.45) is 28.9. The summed E-state index contributed by atoms with van der Waals surface area (Å²) in [6.45, 7) is 4.58. The van der Waals surface area contributed by atoms with Crippen LogP contribution in [0.15, 0.2) is 84.9 Å². The molecule has 58 heavy (non-hydrogen) atoms. The molecule has 4 aromatic heterocycles. The average molecular weight is 855 g/mol. The molecule has 0 aliphatic heterocycles. The van der Waals surface area contributed by atoms with Gasteiger partial charge in [-0.25, -0.2) is 8.78 Å². The minimum Gasteiger partial charge on any atom is -0.207 e. The summed E-state index contributed by atoms with van der Waals surface area (Å²) in [5.41, 5.74) is 5.06. The van der Waals surface area contributed by atoms with Crippen LogP contribution in [0.4, 0.5) is 8.78 Å². The summed E-state index contributed by atoms with van der Waals surface area (Å²) in [5, 5.41) is 0. The van der Waals surface area contributed by atoms with E-state index in [1.807, 2.05) is 58.3 Å². The second-order valence-electron chi connectivity index (χ2n) is 16.1. The fourth-order valence-electron chi connectivity index (χ4n) is 7.96. The predicted octanol–water partition coefficient (Wildman–Crippen LogP) is 19.5. The summed E-state index contributed by atoms with van der Waals surface area (Å²) in [7, 11) is 0. The summed E-state index contributed by atoms with van der Waals surface area (Å²) in [5.74, 6) is -0.382. The Hall–Kier alpha value is -2.90. The zero-order chi connectivity index (χ0) is 40.4. The lowest BCUT2D eigenvalue weighted by molar-refractivity contribution is 0.556. The molecule has 6 rings (SSSR count). The van der Waals surface area contributed by atoms with Gasteiger partial charge in [0.05, 0.1) is 0 Å². The molecular weight excluding hydrogens is 791 g/mol. The number of thiophene rings is 4. The molecule has 0 unspecified atom stereocenters. The van der Waals surface area contributed by atoms with Gasteiger partial charge in [0, 0.05) is 39.0 Å². The monoisotopic (exact) mass is 854 g/mol. The van der Waals surface area contributed by atoms with E-state index in [9.17, 15) is 8.78 Å². The number of halogens is 2. The maximum atomic E-state index is 14.1. The van der Waals surface area contributed by atoms with Crippen molar-refractivity contribution in [1.82, 2.24) is 0 Å². The maximum Gasteiger partial charge on any atom is 0.123 e. The molecular formula is C52H64F2S4. The zero-order valence-electron chi connectivity index (χ0n) is 35.0. The van der Waals surface area contributed by atoms with Crippen LogP contribution < -0.4 is 0 Å². The second-order valence-corrected chi connectivity index (χ2v) is 20.4. The molecule has 0 spiro atoms. The van der Waals surface area contributed by atoms with Crippen LogP contribution in [-0.4, -0.2) is 0 Å². The number of benzene rings is 2. The van der Waals surface area contributed by atoms with E-state index in [0.717, 1.165) is 28.8 Å². The van der Waals surface area contributed by atoms with Crippen molar-refractivity contribution >= 4 is 45.3 Å². The van der Waals surface area contributed by atoms with Gasteiger partial charge >= 0.3 is 0 Å². The first-order valence-electron chi connectivity index (χ1n) is 22.5. The third-order valence-corrected chi connectivity index (χ3v) is 16.6. The van der Waals surface area contributed by atoms with Gasteiger partial charge in [-0.15, -0.1) is 45.3 Å². The van der Waals surface area contributed by atoms with Crippen LogP contribution in [0.5, 0.6) is 0 Å². The first kappa shape index (κ1) is 44.6. The van der Waals surface area contributed by atoms with Crippen LogP contribution in [0, 0.1) is 11.6 Å². The van der Waals surface area contributed by atoms with Gasteiger partial charge in [0.15, 0.2) is 0 Å². The summed E-state index contributed by atoms with van der Waals surface area (Å²) < 4.78 is 27.7. The minimum atomic E-state index is -0.202. The molecule has 6 heteroatoms. The van der Waals surface area contributed by atoms with E-state index >= 15 is 0 Å². The minimum absolute atomic E-state index is 0.180. The number of hydrogen-bond donors (Lipinski definition) is 0. The highest BCUT2D eigenvalue weighted by Crippen LogP contribution is 2.48. The largest absolute Gasteiger partial charge is 0.207 e. The Morgan fingerprint density at radius 1 is 0.328 bits per heavy atom. The molecule has 0 amide bonds. The molecule has 310 valence electrons. The van der Waals surface area contributed by atoms with E-state index in [4.69, 9.17) is 0 Å². The SMILES string of the molecule is CCCCCCCCCCCCc1cc(-c2cc(CCCCCCCCCCCC)c(-c3ccc(-c4ccc(-c5ccc(F)cc5)s4)s3)s2)sc1-c1ccc(F)cc1. The molecule has 0 fully saturated rings. The molecule has 2 aromatic carbocycles. The highest BCUT2D eigenvalue weighted by Gasteiger charge is 2.19. The molecule has 0 N–H and O–H groups in total. The van der Waals surface area contributed by atoms with Gasteiger partial charge in [0.2, 0.25) is 0 Å². The van der Waals surface area contributed by atoms with Crippen molar-refractivity contribution in [2.45, 2.75) is 155 Å². The summed E-state index contributed by atoms with van der Waals surface area (Å²) in [6, 6.07) is 27.9. The van der Waals surface area contributed by atoms with Crippen molar-refractivity contribution in [3.05, 3.63) is 108 Å². The van der Waals surface area contributed by atoms with Gasteiger partial charge in [-0.3, -0.25) is 0 Å². The van der Waals surface area contributed by atoms with E-state index in [-0.39, 0.29) is 11.6 Å². The Balaban J connectivity index is 1.18. The van der Waals surface area contributed by atoms with Crippen molar-refractivity contribution in [2.24, 2.45) is 0 Å². The normalized spacial score (nSPS) is 11.6. The number of hydrogen-bond acceptors (Lipinski definition) is 4. The Bertz CT molecular complexity index is 2040. The molecule has 0 bridgehead atoms. The summed E-state index contributed by atoms with van der Waals surface area (Å²) >= 11 is 7.51. The Morgan fingerprint density at radius 2 is 0.690 bits per heavy atom. The van der Waals surface area contributed by atoms with E-state index in [1.165, 1.54) is 174 Å². The summed E-state index contributed by atoms with van der Waals surface area (Å²) in [4.78, 5) is 10.4. The molecule has 0 radical (unpaired) electrons. The number of rotatable bonds is 27. The lowest BCUT2D eigenvalue weighted by Gasteiger charge is -2.05. The molecule has 0 aliphatic carbocycles. The highest BCUT2D eigenvalue weighted by molar-refractivity contribution is 7.29. The predicted molar refractivity (Wildman–Crippen MR) is 256 cm³/mol. The van der Waals surface area contributed by atoms with Gasteiger partial charge in [0.1, 0.15) is 11.6 Å². The van der Waals surface area contributed by atoms with Crippen LogP contribution in [0.3, 0.4) is 0 Å². The quantitative estimate of drug-likeness (QED) is 0.0453. The Labute approximate surface area is 364 Å². The topological polar surface area (TPSA) is 0 Å². The highest BCUT2D eigenvalue weighted by atomic mass is 32.1. The van der Waals surface area contributed by atoms with Crippen molar-refractivity contribution in [1.29, 1.82) is 0 Å². The van der Waals surface area contributed by atoms with Crippen LogP contribution in [0.1, 0.15) is 153 Å². The number of aryl methyl sites for hydroxylation is 2. The molecule has 0 nitrogen and oxygen atoms in total. The van der Waals surface area contributed by atoms with Crippen LogP contribution in [0.25, 0.3) is 50.1 Å². The second kappa shape index (κ2) is 24.4. The fourth-order valence-corrected chi connectivity index (χ4v) is 12.7. The fraction of sp³-hybridized carbons (Fsp3) is 0.462. The first-order valence-corrected chi connectivity index (χ1v) is 25.8. The van der Waals surface area contributed by atoms with Gasteiger partial charge in [-0.1, -0.05) is 154 Å². The maximum absolute atomic E-state index is 14.1. The third-order valence-electron chi connectivity index (χ3n) is 11.4. The van der Waals surface area contributed by atoms with Gasteiger partial charge in [-0.2, -0.15) is 0 Å². The lowest BCUT2D eigenvalue weighted by Crippen LogP contribution is -1.88. The molecule has 6 aromatic rings. The van der Waals surface area contributed by atoms with Crippen molar-refractivity contribution < 1.29 is 8.78 Å². The van der Waals surface area contributed by atoms with E-state index in [1.54, 1.807) is 35.6 Å². The van der Waals surface area contributed by atoms with Crippen LogP contribution >= 0.6 is 45.3 Å². The lowest BCUT2D eigenvalue weighted by atomic mass is 10.0. The number of unbranched alkanes of at least 4 members (excludes halogenated alkanes) is 18. The van der Waals surface area contributed by atoms with Gasteiger partial charge in [0.25, 0.3) is 0 Å². The third kappa shape index (κ3) is 13.6. The van der Waals surface area contributed by atoms with Gasteiger partial charge in [-0.05, 0) is 109 Å². The molecule has 0 aliphatic rings.